The molecule has 8 heteroatoms. The van der Waals surface area contributed by atoms with Gasteiger partial charge in [0.1, 0.15) is 5.82 Å². The SMILES string of the molecule is Cc1cc(Nc2cc(N(C)c3cccc4cc[nH]c34)c(C(N)=O)cn2)ccc1C(=O)N(C)C. The van der Waals surface area contributed by atoms with Crippen LogP contribution in [0, 0.1) is 6.92 Å². The van der Waals surface area contributed by atoms with E-state index in [-0.39, 0.29) is 5.91 Å². The van der Waals surface area contributed by atoms with Crippen molar-refractivity contribution in [1.82, 2.24) is 14.9 Å². The lowest BCUT2D eigenvalue weighted by Crippen LogP contribution is -2.22. The summed E-state index contributed by atoms with van der Waals surface area (Å²) >= 11 is 0. The van der Waals surface area contributed by atoms with Crippen molar-refractivity contribution in [1.29, 1.82) is 0 Å². The predicted octanol–water partition coefficient (Wildman–Crippen LogP) is 4.18. The number of fused-ring (bicyclic) bond motifs is 1. The summed E-state index contributed by atoms with van der Waals surface area (Å²) in [6, 6.07) is 15.2. The number of para-hydroxylation sites is 1. The molecule has 0 unspecified atom stereocenters. The average molecular weight is 443 g/mol. The Morgan fingerprint density at radius 3 is 2.48 bits per heavy atom. The van der Waals surface area contributed by atoms with E-state index in [0.717, 1.165) is 27.8 Å². The van der Waals surface area contributed by atoms with Crippen molar-refractivity contribution in [3.8, 4) is 0 Å². The third-order valence-electron chi connectivity index (χ3n) is 5.57. The predicted molar refractivity (Wildman–Crippen MR) is 132 cm³/mol. The summed E-state index contributed by atoms with van der Waals surface area (Å²) in [4.78, 5) is 35.5. The van der Waals surface area contributed by atoms with Gasteiger partial charge in [-0.25, -0.2) is 4.98 Å². The van der Waals surface area contributed by atoms with Crippen molar-refractivity contribution >= 4 is 45.6 Å². The van der Waals surface area contributed by atoms with Gasteiger partial charge in [0.15, 0.2) is 0 Å². The zero-order chi connectivity index (χ0) is 23.7. The van der Waals surface area contributed by atoms with Crippen LogP contribution in [0.4, 0.5) is 22.9 Å². The number of hydrogen-bond donors (Lipinski definition) is 3. The van der Waals surface area contributed by atoms with Crippen molar-refractivity contribution in [3.05, 3.63) is 77.6 Å². The molecule has 2 amide bonds. The van der Waals surface area contributed by atoms with Crippen molar-refractivity contribution in [2.45, 2.75) is 6.92 Å². The first-order valence-electron chi connectivity index (χ1n) is 10.4. The first-order chi connectivity index (χ1) is 15.8. The Morgan fingerprint density at radius 2 is 1.79 bits per heavy atom. The van der Waals surface area contributed by atoms with Gasteiger partial charge >= 0.3 is 0 Å². The Balaban J connectivity index is 1.70. The van der Waals surface area contributed by atoms with Gasteiger partial charge in [-0.15, -0.1) is 0 Å². The van der Waals surface area contributed by atoms with Crippen LogP contribution < -0.4 is 16.0 Å². The van der Waals surface area contributed by atoms with E-state index in [1.165, 1.54) is 6.20 Å². The van der Waals surface area contributed by atoms with Gasteiger partial charge in [-0.05, 0) is 42.8 Å². The summed E-state index contributed by atoms with van der Waals surface area (Å²) < 4.78 is 0. The fourth-order valence-electron chi connectivity index (χ4n) is 3.83. The van der Waals surface area contributed by atoms with Gasteiger partial charge in [0.2, 0.25) is 0 Å². The van der Waals surface area contributed by atoms with E-state index >= 15 is 0 Å². The molecule has 0 aliphatic heterocycles. The van der Waals surface area contributed by atoms with Gasteiger partial charge < -0.3 is 25.8 Å². The normalized spacial score (nSPS) is 10.8. The quantitative estimate of drug-likeness (QED) is 0.415. The number of H-pyrrole nitrogens is 1. The van der Waals surface area contributed by atoms with Gasteiger partial charge in [-0.2, -0.15) is 0 Å². The maximum atomic E-state index is 12.3. The lowest BCUT2D eigenvalue weighted by molar-refractivity contribution is 0.0826. The number of carbonyl (C=O) groups excluding carboxylic acids is 2. The van der Waals surface area contributed by atoms with E-state index in [1.807, 2.05) is 61.5 Å². The molecule has 4 rings (SSSR count). The zero-order valence-electron chi connectivity index (χ0n) is 19.0. The Hall–Kier alpha value is -4.33. The molecule has 33 heavy (non-hydrogen) atoms. The van der Waals surface area contributed by atoms with Gasteiger partial charge in [-0.3, -0.25) is 9.59 Å². The third kappa shape index (κ3) is 4.23. The molecule has 2 heterocycles. The third-order valence-corrected chi connectivity index (χ3v) is 5.57. The number of nitrogens with one attached hydrogen (secondary N) is 2. The molecule has 0 bridgehead atoms. The monoisotopic (exact) mass is 442 g/mol. The van der Waals surface area contributed by atoms with Crippen LogP contribution in [0.5, 0.6) is 0 Å². The van der Waals surface area contributed by atoms with Gasteiger partial charge in [-0.1, -0.05) is 12.1 Å². The van der Waals surface area contributed by atoms with E-state index in [1.54, 1.807) is 31.1 Å². The van der Waals surface area contributed by atoms with Crippen LogP contribution in [0.15, 0.2) is 60.9 Å². The second kappa shape index (κ2) is 8.66. The molecule has 168 valence electrons. The van der Waals surface area contributed by atoms with Gasteiger partial charge in [0.25, 0.3) is 11.8 Å². The fourth-order valence-corrected chi connectivity index (χ4v) is 3.83. The number of amides is 2. The number of carbonyl (C=O) groups is 2. The Kier molecular flexibility index (Phi) is 5.74. The minimum Gasteiger partial charge on any atom is -0.365 e. The van der Waals surface area contributed by atoms with Crippen molar-refractivity contribution in [2.75, 3.05) is 31.4 Å². The molecule has 0 spiro atoms. The van der Waals surface area contributed by atoms with Crippen LogP contribution in [0.1, 0.15) is 26.3 Å². The number of aromatic nitrogens is 2. The highest BCUT2D eigenvalue weighted by molar-refractivity contribution is 6.02. The smallest absolute Gasteiger partial charge is 0.253 e. The number of aromatic amines is 1. The van der Waals surface area contributed by atoms with Crippen molar-refractivity contribution in [2.24, 2.45) is 5.73 Å². The summed E-state index contributed by atoms with van der Waals surface area (Å²) in [6.45, 7) is 1.89. The van der Waals surface area contributed by atoms with Crippen LogP contribution in [0.3, 0.4) is 0 Å². The number of nitrogens with two attached hydrogens (primary N) is 1. The average Bonchev–Trinajstić information content (AvgIpc) is 3.27. The summed E-state index contributed by atoms with van der Waals surface area (Å²) in [7, 11) is 5.33. The molecule has 2 aromatic heterocycles. The van der Waals surface area contributed by atoms with E-state index in [2.05, 4.69) is 15.3 Å². The number of hydrogen-bond acceptors (Lipinski definition) is 5. The molecule has 0 radical (unpaired) electrons. The first-order valence-corrected chi connectivity index (χ1v) is 10.4. The number of rotatable bonds is 6. The Morgan fingerprint density at radius 1 is 1.00 bits per heavy atom. The molecule has 8 nitrogen and oxygen atoms in total. The summed E-state index contributed by atoms with van der Waals surface area (Å²) in [5.74, 6) is -0.0612. The second-order valence-corrected chi connectivity index (χ2v) is 8.08. The number of nitrogens with zero attached hydrogens (tertiary/aromatic N) is 3. The van der Waals surface area contributed by atoms with Gasteiger partial charge in [0, 0.05) is 56.2 Å². The molecule has 0 aliphatic carbocycles. The van der Waals surface area contributed by atoms with Crippen molar-refractivity contribution < 1.29 is 9.59 Å². The zero-order valence-corrected chi connectivity index (χ0v) is 19.0. The second-order valence-electron chi connectivity index (χ2n) is 8.08. The molecular formula is C25H26N6O2. The lowest BCUT2D eigenvalue weighted by atomic mass is 10.1. The summed E-state index contributed by atoms with van der Waals surface area (Å²) in [6.07, 6.45) is 3.35. The van der Waals surface area contributed by atoms with Crippen molar-refractivity contribution in [3.63, 3.8) is 0 Å². The van der Waals surface area contributed by atoms with Gasteiger partial charge in [0.05, 0.1) is 22.5 Å². The summed E-state index contributed by atoms with van der Waals surface area (Å²) in [5.41, 5.74) is 10.7. The van der Waals surface area contributed by atoms with E-state index in [4.69, 9.17) is 5.73 Å². The molecule has 4 aromatic rings. The van der Waals surface area contributed by atoms with Crippen LogP contribution in [-0.4, -0.2) is 47.8 Å². The number of primary amides is 1. The lowest BCUT2D eigenvalue weighted by Gasteiger charge is -2.23. The largest absolute Gasteiger partial charge is 0.365 e. The first kappa shape index (κ1) is 21.9. The van der Waals surface area contributed by atoms with E-state index < -0.39 is 5.91 Å². The molecule has 0 aliphatic rings. The maximum Gasteiger partial charge on any atom is 0.253 e. The number of anilines is 4. The topological polar surface area (TPSA) is 107 Å². The molecular weight excluding hydrogens is 416 g/mol. The molecule has 4 N–H and O–H groups in total. The van der Waals surface area contributed by atoms with Crippen LogP contribution in [0.25, 0.3) is 10.9 Å². The molecule has 0 atom stereocenters. The minimum atomic E-state index is -0.558. The molecule has 0 fully saturated rings. The highest BCUT2D eigenvalue weighted by atomic mass is 16.2. The number of pyridine rings is 1. The number of aryl methyl sites for hydroxylation is 1. The van der Waals surface area contributed by atoms with Crippen LogP contribution in [-0.2, 0) is 0 Å². The standard InChI is InChI=1S/C25H26N6O2/c1-15-12-17(8-9-18(15)25(33)30(2)3)29-22-13-21(19(14-28-22)24(26)32)31(4)20-7-5-6-16-10-11-27-23(16)20/h5-14,27H,1-4H3,(H2,26,32)(H,28,29). The minimum absolute atomic E-state index is 0.0506. The Bertz CT molecular complexity index is 1360. The molecule has 0 saturated heterocycles. The Labute approximate surface area is 192 Å². The summed E-state index contributed by atoms with van der Waals surface area (Å²) in [5, 5.41) is 4.33. The number of benzene rings is 2. The molecule has 0 saturated carbocycles. The van der Waals surface area contributed by atoms with Crippen LogP contribution >= 0.6 is 0 Å². The van der Waals surface area contributed by atoms with E-state index in [9.17, 15) is 9.59 Å². The van der Waals surface area contributed by atoms with Crippen LogP contribution in [0.2, 0.25) is 0 Å². The highest BCUT2D eigenvalue weighted by Gasteiger charge is 2.18. The maximum absolute atomic E-state index is 12.3. The molecule has 2 aromatic carbocycles. The van der Waals surface area contributed by atoms with E-state index in [0.29, 0.717) is 22.6 Å². The highest BCUT2D eigenvalue weighted by Crippen LogP contribution is 2.33. The fraction of sp³-hybridized carbons (Fsp3) is 0.160.